The summed E-state index contributed by atoms with van der Waals surface area (Å²) in [6.07, 6.45) is 4.77. The topological polar surface area (TPSA) is 67.2 Å². The molecule has 1 rings (SSSR count). The average Bonchev–Trinajstić information content (AvgIpc) is 2.31. The monoisotopic (exact) mass is 199 g/mol. The normalized spacial score (nSPS) is 25.1. The highest BCUT2D eigenvalue weighted by molar-refractivity contribution is 5.71. The molecule has 14 heavy (non-hydrogen) atoms. The predicted octanol–water partition coefficient (Wildman–Crippen LogP) is 0.823. The van der Waals surface area contributed by atoms with E-state index >= 15 is 0 Å². The molecule has 4 N–H and O–H groups in total. The van der Waals surface area contributed by atoms with E-state index in [1.807, 2.05) is 6.92 Å². The lowest BCUT2D eigenvalue weighted by Gasteiger charge is -2.19. The van der Waals surface area contributed by atoms with E-state index in [1.54, 1.807) is 0 Å². The Morgan fingerprint density at radius 2 is 2.36 bits per heavy atom. The molecule has 1 saturated heterocycles. The summed E-state index contributed by atoms with van der Waals surface area (Å²) in [5.41, 5.74) is 5.07. The molecule has 0 aliphatic carbocycles. The van der Waals surface area contributed by atoms with Gasteiger partial charge in [0.1, 0.15) is 0 Å². The fourth-order valence-electron chi connectivity index (χ4n) is 2.13. The van der Waals surface area contributed by atoms with Gasteiger partial charge in [-0.25, -0.2) is 4.79 Å². The molecule has 0 aromatic carbocycles. The molecule has 2 atom stereocenters. The number of amides is 2. The number of carbonyl (C=O) groups excluding carboxylic acids is 1. The Balaban J connectivity index is 2.23. The summed E-state index contributed by atoms with van der Waals surface area (Å²) < 4.78 is 0. The molecule has 0 aromatic heterocycles. The van der Waals surface area contributed by atoms with Crippen molar-refractivity contribution in [2.45, 2.75) is 38.6 Å². The predicted molar refractivity (Wildman–Crippen MR) is 57.0 cm³/mol. The van der Waals surface area contributed by atoms with E-state index in [9.17, 15) is 4.79 Å². The Labute approximate surface area is 85.6 Å². The standard InChI is InChI=1S/C10H21N3O/c1-8(13-10(11)14)7-9-3-2-5-12-6-4-9/h8-9,12H,2-7H2,1H3,(H3,11,13,14). The van der Waals surface area contributed by atoms with Crippen LogP contribution >= 0.6 is 0 Å². The summed E-state index contributed by atoms with van der Waals surface area (Å²) in [6.45, 7) is 4.26. The zero-order valence-electron chi connectivity index (χ0n) is 8.88. The summed E-state index contributed by atoms with van der Waals surface area (Å²) in [5.74, 6) is 0.729. The van der Waals surface area contributed by atoms with Crippen LogP contribution < -0.4 is 16.4 Å². The molecule has 0 spiro atoms. The third kappa shape index (κ3) is 4.46. The van der Waals surface area contributed by atoms with Crippen molar-refractivity contribution in [3.05, 3.63) is 0 Å². The van der Waals surface area contributed by atoms with Gasteiger partial charge in [0.15, 0.2) is 0 Å². The summed E-state index contributed by atoms with van der Waals surface area (Å²) in [4.78, 5) is 10.6. The smallest absolute Gasteiger partial charge is 0.312 e. The second-order valence-electron chi connectivity index (χ2n) is 4.19. The first-order valence-corrected chi connectivity index (χ1v) is 5.45. The van der Waals surface area contributed by atoms with Crippen molar-refractivity contribution in [3.8, 4) is 0 Å². The SMILES string of the molecule is CC(CC1CCCNCC1)NC(N)=O. The maximum absolute atomic E-state index is 10.6. The van der Waals surface area contributed by atoms with Crippen LogP contribution in [-0.4, -0.2) is 25.2 Å². The van der Waals surface area contributed by atoms with E-state index in [1.165, 1.54) is 19.3 Å². The van der Waals surface area contributed by atoms with Gasteiger partial charge in [0.25, 0.3) is 0 Å². The average molecular weight is 199 g/mol. The van der Waals surface area contributed by atoms with E-state index < -0.39 is 6.03 Å². The number of nitrogens with two attached hydrogens (primary N) is 1. The minimum Gasteiger partial charge on any atom is -0.352 e. The molecule has 1 heterocycles. The fourth-order valence-corrected chi connectivity index (χ4v) is 2.13. The van der Waals surface area contributed by atoms with E-state index in [4.69, 9.17) is 5.73 Å². The van der Waals surface area contributed by atoms with Crippen molar-refractivity contribution in [2.75, 3.05) is 13.1 Å². The second-order valence-corrected chi connectivity index (χ2v) is 4.19. The Bertz CT molecular complexity index is 176. The van der Waals surface area contributed by atoms with Crippen molar-refractivity contribution in [2.24, 2.45) is 11.7 Å². The highest BCUT2D eigenvalue weighted by atomic mass is 16.2. The number of hydrogen-bond donors (Lipinski definition) is 3. The van der Waals surface area contributed by atoms with E-state index in [0.29, 0.717) is 0 Å². The van der Waals surface area contributed by atoms with Crippen molar-refractivity contribution >= 4 is 6.03 Å². The van der Waals surface area contributed by atoms with Crippen LogP contribution in [0.15, 0.2) is 0 Å². The maximum Gasteiger partial charge on any atom is 0.312 e. The lowest BCUT2D eigenvalue weighted by molar-refractivity contribution is 0.243. The van der Waals surface area contributed by atoms with Crippen LogP contribution in [0, 0.1) is 5.92 Å². The molecule has 4 nitrogen and oxygen atoms in total. The number of primary amides is 1. The van der Waals surface area contributed by atoms with Crippen LogP contribution in [0.3, 0.4) is 0 Å². The van der Waals surface area contributed by atoms with Gasteiger partial charge in [-0.05, 0) is 51.6 Å². The number of urea groups is 1. The van der Waals surface area contributed by atoms with Gasteiger partial charge in [0.2, 0.25) is 0 Å². The van der Waals surface area contributed by atoms with Crippen LogP contribution in [0.1, 0.15) is 32.6 Å². The lowest BCUT2D eigenvalue weighted by atomic mass is 9.93. The van der Waals surface area contributed by atoms with Crippen LogP contribution in [0.25, 0.3) is 0 Å². The van der Waals surface area contributed by atoms with Gasteiger partial charge in [-0.15, -0.1) is 0 Å². The van der Waals surface area contributed by atoms with Crippen LogP contribution in [0.4, 0.5) is 4.79 Å². The minimum absolute atomic E-state index is 0.204. The molecule has 82 valence electrons. The number of rotatable bonds is 3. The summed E-state index contributed by atoms with van der Waals surface area (Å²) >= 11 is 0. The zero-order valence-corrected chi connectivity index (χ0v) is 8.88. The van der Waals surface area contributed by atoms with Crippen molar-refractivity contribution in [1.82, 2.24) is 10.6 Å². The highest BCUT2D eigenvalue weighted by Crippen LogP contribution is 2.18. The van der Waals surface area contributed by atoms with Gasteiger partial charge in [-0.3, -0.25) is 0 Å². The molecular weight excluding hydrogens is 178 g/mol. The number of nitrogens with one attached hydrogen (secondary N) is 2. The maximum atomic E-state index is 10.6. The summed E-state index contributed by atoms with van der Waals surface area (Å²) in [6, 6.07) is -0.208. The van der Waals surface area contributed by atoms with E-state index in [-0.39, 0.29) is 6.04 Å². The lowest BCUT2D eigenvalue weighted by Crippen LogP contribution is -2.37. The summed E-state index contributed by atoms with van der Waals surface area (Å²) in [5, 5.41) is 6.11. The second kappa shape index (κ2) is 5.86. The molecule has 4 heteroatoms. The molecule has 0 radical (unpaired) electrons. The van der Waals surface area contributed by atoms with Gasteiger partial charge in [0.05, 0.1) is 0 Å². The van der Waals surface area contributed by atoms with Gasteiger partial charge in [-0.1, -0.05) is 0 Å². The largest absolute Gasteiger partial charge is 0.352 e. The van der Waals surface area contributed by atoms with Gasteiger partial charge < -0.3 is 16.4 Å². The molecule has 2 amide bonds. The fraction of sp³-hybridized carbons (Fsp3) is 0.900. The minimum atomic E-state index is -0.413. The zero-order chi connectivity index (χ0) is 10.4. The molecule has 2 unspecified atom stereocenters. The number of carbonyl (C=O) groups is 1. The van der Waals surface area contributed by atoms with Crippen LogP contribution in [0.5, 0.6) is 0 Å². The molecule has 1 aliphatic heterocycles. The number of hydrogen-bond acceptors (Lipinski definition) is 2. The van der Waals surface area contributed by atoms with E-state index in [0.717, 1.165) is 25.4 Å². The summed E-state index contributed by atoms with van der Waals surface area (Å²) in [7, 11) is 0. The quantitative estimate of drug-likeness (QED) is 0.630. The van der Waals surface area contributed by atoms with Crippen molar-refractivity contribution in [1.29, 1.82) is 0 Å². The van der Waals surface area contributed by atoms with Crippen LogP contribution in [-0.2, 0) is 0 Å². The van der Waals surface area contributed by atoms with Gasteiger partial charge in [0, 0.05) is 6.04 Å². The molecule has 1 fully saturated rings. The first-order chi connectivity index (χ1) is 6.68. The molecule has 0 saturated carbocycles. The Morgan fingerprint density at radius 1 is 1.57 bits per heavy atom. The van der Waals surface area contributed by atoms with Crippen molar-refractivity contribution in [3.63, 3.8) is 0 Å². The molecular formula is C10H21N3O. The third-order valence-electron chi connectivity index (χ3n) is 2.77. The van der Waals surface area contributed by atoms with Crippen LogP contribution in [0.2, 0.25) is 0 Å². The Morgan fingerprint density at radius 3 is 3.07 bits per heavy atom. The molecule has 1 aliphatic rings. The van der Waals surface area contributed by atoms with Gasteiger partial charge in [-0.2, -0.15) is 0 Å². The van der Waals surface area contributed by atoms with Gasteiger partial charge >= 0.3 is 6.03 Å². The van der Waals surface area contributed by atoms with Crippen molar-refractivity contribution < 1.29 is 4.79 Å². The highest BCUT2D eigenvalue weighted by Gasteiger charge is 2.15. The third-order valence-corrected chi connectivity index (χ3v) is 2.77. The Kier molecular flexibility index (Phi) is 4.73. The molecule has 0 aromatic rings. The first kappa shape index (κ1) is 11.3. The first-order valence-electron chi connectivity index (χ1n) is 5.45. The van der Waals surface area contributed by atoms with E-state index in [2.05, 4.69) is 10.6 Å². The molecule has 0 bridgehead atoms. The Hall–Kier alpha value is -0.770.